The quantitative estimate of drug-likeness (QED) is 0.281. The zero-order valence-electron chi connectivity index (χ0n) is 20.5. The Bertz CT molecular complexity index is 1240. The molecular formula is C27H33NO6S. The van der Waals surface area contributed by atoms with Crippen LogP contribution < -0.4 is 14.2 Å². The smallest absolute Gasteiger partial charge is 0.296 e. The van der Waals surface area contributed by atoms with E-state index < -0.39 is 10.1 Å². The Morgan fingerprint density at radius 2 is 1.74 bits per heavy atom. The second kappa shape index (κ2) is 11.3. The molecule has 0 amide bonds. The van der Waals surface area contributed by atoms with E-state index in [1.165, 1.54) is 0 Å². The highest BCUT2D eigenvalue weighted by molar-refractivity contribution is 7.86. The molecular weight excluding hydrogens is 466 g/mol. The zero-order valence-corrected chi connectivity index (χ0v) is 21.3. The molecule has 0 spiro atoms. The first-order chi connectivity index (χ1) is 16.9. The molecule has 3 aromatic rings. The van der Waals surface area contributed by atoms with Crippen molar-refractivity contribution in [2.75, 3.05) is 47.1 Å². The first kappa shape index (κ1) is 25.3. The van der Waals surface area contributed by atoms with Crippen LogP contribution in [0.1, 0.15) is 18.4 Å². The van der Waals surface area contributed by atoms with Gasteiger partial charge in [0.05, 0.1) is 32.3 Å². The number of ether oxygens (including phenoxy) is 3. The molecule has 1 aliphatic heterocycles. The summed E-state index contributed by atoms with van der Waals surface area (Å²) in [4.78, 5) is 2.55. The van der Waals surface area contributed by atoms with E-state index in [2.05, 4.69) is 4.90 Å². The lowest BCUT2D eigenvalue weighted by Gasteiger charge is -2.17. The van der Waals surface area contributed by atoms with Crippen LogP contribution in [-0.2, 0) is 14.3 Å². The Morgan fingerprint density at radius 3 is 2.49 bits per heavy atom. The number of fused-ring (bicyclic) bond motifs is 1. The van der Waals surface area contributed by atoms with Crippen molar-refractivity contribution in [1.29, 1.82) is 0 Å². The van der Waals surface area contributed by atoms with Crippen molar-refractivity contribution in [3.63, 3.8) is 0 Å². The first-order valence-electron chi connectivity index (χ1n) is 11.9. The maximum absolute atomic E-state index is 12.4. The molecule has 1 atom stereocenters. The van der Waals surface area contributed by atoms with Crippen molar-refractivity contribution < 1.29 is 26.8 Å². The summed E-state index contributed by atoms with van der Waals surface area (Å²) in [5.41, 5.74) is 1.01. The summed E-state index contributed by atoms with van der Waals surface area (Å²) in [6.07, 6.45) is 1.80. The third-order valence-electron chi connectivity index (χ3n) is 6.37. The topological polar surface area (TPSA) is 74.3 Å². The Hall–Kier alpha value is -2.81. The summed E-state index contributed by atoms with van der Waals surface area (Å²) >= 11 is 0. The summed E-state index contributed by atoms with van der Waals surface area (Å²) in [7, 11) is -0.453. The summed E-state index contributed by atoms with van der Waals surface area (Å²) in [6, 6.07) is 16.5. The number of hydrogen-bond acceptors (Lipinski definition) is 7. The predicted octanol–water partition coefficient (Wildman–Crippen LogP) is 4.66. The van der Waals surface area contributed by atoms with Crippen molar-refractivity contribution in [2.24, 2.45) is 5.92 Å². The molecule has 1 heterocycles. The van der Waals surface area contributed by atoms with Gasteiger partial charge in [0.2, 0.25) is 0 Å². The van der Waals surface area contributed by atoms with Crippen LogP contribution in [0.3, 0.4) is 0 Å². The molecule has 0 aliphatic carbocycles. The standard InChI is InChI=1S/C27H33NO6S/c1-20-8-10-22(11-9-20)35(29,30)34-19-21-14-16-28(18-21)15-5-17-33-25-7-4-6-24-23(25)12-13-26(31-2)27(24)32-3/h4,6-13,21H,5,14-19H2,1-3H3. The highest BCUT2D eigenvalue weighted by Crippen LogP contribution is 2.38. The van der Waals surface area contributed by atoms with E-state index in [0.29, 0.717) is 18.1 Å². The molecule has 0 saturated carbocycles. The Kier molecular flexibility index (Phi) is 8.15. The van der Waals surface area contributed by atoms with Gasteiger partial charge >= 0.3 is 0 Å². The lowest BCUT2D eigenvalue weighted by Crippen LogP contribution is -2.24. The van der Waals surface area contributed by atoms with Gasteiger partial charge in [-0.25, -0.2) is 0 Å². The van der Waals surface area contributed by atoms with E-state index in [-0.39, 0.29) is 17.4 Å². The van der Waals surface area contributed by atoms with E-state index in [1.807, 2.05) is 37.3 Å². The molecule has 4 rings (SSSR count). The number of likely N-dealkylation sites (tertiary alicyclic amines) is 1. The molecule has 0 aromatic heterocycles. The molecule has 8 heteroatoms. The minimum absolute atomic E-state index is 0.205. The van der Waals surface area contributed by atoms with Gasteiger partial charge in [-0.2, -0.15) is 8.42 Å². The van der Waals surface area contributed by atoms with Gasteiger partial charge in [-0.1, -0.05) is 29.8 Å². The van der Waals surface area contributed by atoms with E-state index in [1.54, 1.807) is 38.5 Å². The average Bonchev–Trinajstić information content (AvgIpc) is 3.32. The van der Waals surface area contributed by atoms with Crippen molar-refractivity contribution in [1.82, 2.24) is 4.90 Å². The fourth-order valence-corrected chi connectivity index (χ4v) is 5.44. The number of aryl methyl sites for hydroxylation is 1. The SMILES string of the molecule is COc1ccc2c(OCCCN3CCC(COS(=O)(=O)c4ccc(C)cc4)C3)cccc2c1OC. The van der Waals surface area contributed by atoms with E-state index in [9.17, 15) is 8.42 Å². The van der Waals surface area contributed by atoms with Gasteiger partial charge in [0, 0.05) is 23.9 Å². The van der Waals surface area contributed by atoms with Crippen LogP contribution >= 0.6 is 0 Å². The van der Waals surface area contributed by atoms with Crippen LogP contribution in [0.15, 0.2) is 59.5 Å². The molecule has 188 valence electrons. The second-order valence-corrected chi connectivity index (χ2v) is 10.5. The molecule has 0 radical (unpaired) electrons. The molecule has 0 N–H and O–H groups in total. The Balaban J connectivity index is 1.24. The van der Waals surface area contributed by atoms with Gasteiger partial charge in [-0.3, -0.25) is 4.18 Å². The summed E-state index contributed by atoms with van der Waals surface area (Å²) in [6.45, 7) is 5.38. The van der Waals surface area contributed by atoms with Gasteiger partial charge < -0.3 is 19.1 Å². The fraction of sp³-hybridized carbons (Fsp3) is 0.407. The van der Waals surface area contributed by atoms with Crippen LogP contribution in [0.4, 0.5) is 0 Å². The van der Waals surface area contributed by atoms with Gasteiger partial charge in [-0.05, 0) is 62.6 Å². The first-order valence-corrected chi connectivity index (χ1v) is 13.3. The highest BCUT2D eigenvalue weighted by atomic mass is 32.2. The molecule has 35 heavy (non-hydrogen) atoms. The molecule has 1 saturated heterocycles. The van der Waals surface area contributed by atoms with Crippen molar-refractivity contribution >= 4 is 20.9 Å². The Morgan fingerprint density at radius 1 is 0.943 bits per heavy atom. The highest BCUT2D eigenvalue weighted by Gasteiger charge is 2.25. The third kappa shape index (κ3) is 6.07. The van der Waals surface area contributed by atoms with Gasteiger partial charge in [0.1, 0.15) is 5.75 Å². The molecule has 7 nitrogen and oxygen atoms in total. The molecule has 1 fully saturated rings. The minimum Gasteiger partial charge on any atom is -0.493 e. The van der Waals surface area contributed by atoms with Crippen LogP contribution in [0.5, 0.6) is 17.2 Å². The largest absolute Gasteiger partial charge is 0.493 e. The second-order valence-electron chi connectivity index (χ2n) is 8.86. The van der Waals surface area contributed by atoms with E-state index >= 15 is 0 Å². The summed E-state index contributed by atoms with van der Waals surface area (Å²) in [5, 5.41) is 1.94. The lowest BCUT2D eigenvalue weighted by molar-refractivity contribution is 0.233. The molecule has 1 aliphatic rings. The van der Waals surface area contributed by atoms with Gasteiger partial charge in [-0.15, -0.1) is 0 Å². The summed E-state index contributed by atoms with van der Waals surface area (Å²) < 4.78 is 47.2. The molecule has 1 unspecified atom stereocenters. The maximum atomic E-state index is 12.4. The average molecular weight is 500 g/mol. The summed E-state index contributed by atoms with van der Waals surface area (Å²) in [5.74, 6) is 2.41. The predicted molar refractivity (Wildman–Crippen MR) is 136 cm³/mol. The normalized spacial score (nSPS) is 16.5. The number of methoxy groups -OCH3 is 2. The van der Waals surface area contributed by atoms with Crippen LogP contribution in [0.25, 0.3) is 10.8 Å². The fourth-order valence-electron chi connectivity index (χ4n) is 4.46. The maximum Gasteiger partial charge on any atom is 0.296 e. The van der Waals surface area contributed by atoms with Crippen molar-refractivity contribution in [3.05, 3.63) is 60.2 Å². The number of benzene rings is 3. The van der Waals surface area contributed by atoms with Crippen LogP contribution in [0, 0.1) is 12.8 Å². The van der Waals surface area contributed by atoms with Crippen molar-refractivity contribution in [3.8, 4) is 17.2 Å². The Labute approximate surface area is 207 Å². The number of hydrogen-bond donors (Lipinski definition) is 0. The van der Waals surface area contributed by atoms with Gasteiger partial charge in [0.25, 0.3) is 10.1 Å². The zero-order chi connectivity index (χ0) is 24.8. The van der Waals surface area contributed by atoms with Crippen molar-refractivity contribution in [2.45, 2.75) is 24.7 Å². The number of rotatable bonds is 11. The number of nitrogens with zero attached hydrogens (tertiary/aromatic N) is 1. The van der Waals surface area contributed by atoms with Crippen LogP contribution in [0.2, 0.25) is 0 Å². The molecule has 3 aromatic carbocycles. The monoisotopic (exact) mass is 499 g/mol. The third-order valence-corrected chi connectivity index (χ3v) is 7.67. The minimum atomic E-state index is -3.72. The van der Waals surface area contributed by atoms with Gasteiger partial charge in [0.15, 0.2) is 11.5 Å². The van der Waals surface area contributed by atoms with E-state index in [0.717, 1.165) is 54.6 Å². The lowest BCUT2D eigenvalue weighted by atomic mass is 10.1. The molecule has 0 bridgehead atoms. The van der Waals surface area contributed by atoms with E-state index in [4.69, 9.17) is 18.4 Å². The van der Waals surface area contributed by atoms with Crippen LogP contribution in [-0.4, -0.2) is 60.4 Å².